The summed E-state index contributed by atoms with van der Waals surface area (Å²) in [7, 11) is 1.93. The van der Waals surface area contributed by atoms with E-state index in [2.05, 4.69) is 39.9 Å². The molecule has 0 fully saturated rings. The number of anilines is 4. The van der Waals surface area contributed by atoms with Gasteiger partial charge in [0.15, 0.2) is 11.6 Å². The van der Waals surface area contributed by atoms with Gasteiger partial charge in [0.2, 0.25) is 23.8 Å². The van der Waals surface area contributed by atoms with Crippen LogP contribution >= 0.6 is 21.6 Å². The molecule has 4 atom stereocenters. The first kappa shape index (κ1) is 42.1. The van der Waals surface area contributed by atoms with Crippen molar-refractivity contribution in [1.29, 1.82) is 0 Å². The Kier molecular flexibility index (Phi) is 12.8. The molecule has 0 radical (unpaired) electrons. The van der Waals surface area contributed by atoms with E-state index in [1.165, 1.54) is 36.4 Å². The van der Waals surface area contributed by atoms with Gasteiger partial charge in [-0.2, -0.15) is 82.6 Å². The van der Waals surface area contributed by atoms with Crippen molar-refractivity contribution in [2.75, 3.05) is 21.3 Å². The predicted octanol–water partition coefficient (Wildman–Crippen LogP) is 8.43. The van der Waals surface area contributed by atoms with Crippen LogP contribution in [0.15, 0.2) is 46.5 Å². The Labute approximate surface area is 305 Å². The van der Waals surface area contributed by atoms with E-state index in [9.17, 15) is 52.7 Å². The van der Waals surface area contributed by atoms with Crippen molar-refractivity contribution in [3.8, 4) is 23.0 Å². The molecule has 4 rings (SSSR count). The van der Waals surface area contributed by atoms with Crippen molar-refractivity contribution < 1.29 is 52.7 Å². The Morgan fingerprint density at radius 3 is 0.907 bits per heavy atom. The third-order valence-electron chi connectivity index (χ3n) is 6.73. The highest BCUT2D eigenvalue weighted by molar-refractivity contribution is 8.76. The van der Waals surface area contributed by atoms with Crippen molar-refractivity contribution in [2.24, 2.45) is 0 Å². The van der Waals surface area contributed by atoms with E-state index in [0.29, 0.717) is 0 Å². The first-order valence-electron chi connectivity index (χ1n) is 15.0. The maximum Gasteiger partial charge on any atom is 0.408 e. The van der Waals surface area contributed by atoms with Gasteiger partial charge in [-0.05, 0) is 73.5 Å². The van der Waals surface area contributed by atoms with Gasteiger partial charge in [0.25, 0.3) is 0 Å². The molecule has 0 aromatic carbocycles. The van der Waals surface area contributed by atoms with Crippen LogP contribution in [0.5, 0.6) is 0 Å². The SMILES string of the molecule is C[C@@H](Nc1nc(N[C@H](C)C(F)(F)F)nc(-c2cccc(SSc3cccc(-c4nc(N[C@H](C)C(F)(F)F)nc(N[C@H](C)C(F)(F)F)n4)n3)n2)n1)C(F)(F)F. The van der Waals surface area contributed by atoms with Crippen LogP contribution in [-0.2, 0) is 0 Å². The molecule has 4 aromatic heterocycles. The molecule has 0 unspecified atom stereocenters. The van der Waals surface area contributed by atoms with Gasteiger partial charge in [0, 0.05) is 0 Å². The Hall–Kier alpha value is -4.62. The molecule has 0 aliphatic carbocycles. The van der Waals surface area contributed by atoms with Gasteiger partial charge < -0.3 is 21.3 Å². The topological polar surface area (TPSA) is 151 Å². The maximum absolute atomic E-state index is 13.2. The van der Waals surface area contributed by atoms with Crippen LogP contribution in [0.3, 0.4) is 0 Å². The number of rotatable bonds is 13. The van der Waals surface area contributed by atoms with Crippen LogP contribution in [0.25, 0.3) is 23.0 Å². The minimum Gasteiger partial charge on any atom is -0.343 e. The van der Waals surface area contributed by atoms with E-state index in [4.69, 9.17) is 0 Å². The Bertz CT molecular complexity index is 1680. The number of hydrogen-bond acceptors (Lipinski definition) is 14. The highest BCUT2D eigenvalue weighted by atomic mass is 33.1. The summed E-state index contributed by atoms with van der Waals surface area (Å²) in [6.45, 7) is 3.00. The predicted molar refractivity (Wildman–Crippen MR) is 174 cm³/mol. The summed E-state index contributed by atoms with van der Waals surface area (Å²) in [5.41, 5.74) is -0.136. The van der Waals surface area contributed by atoms with Crippen LogP contribution < -0.4 is 21.3 Å². The number of nitrogens with one attached hydrogen (secondary N) is 4. The van der Waals surface area contributed by atoms with E-state index < -0.39 is 72.7 Å². The molecule has 0 saturated carbocycles. The summed E-state index contributed by atoms with van der Waals surface area (Å²) in [4.78, 5) is 31.6. The Morgan fingerprint density at radius 2 is 0.667 bits per heavy atom. The van der Waals surface area contributed by atoms with Crippen molar-refractivity contribution in [1.82, 2.24) is 39.9 Å². The second-order valence-corrected chi connectivity index (χ2v) is 13.3. The first-order valence-corrected chi connectivity index (χ1v) is 17.2. The minimum absolute atomic E-state index is 0.0680. The normalized spacial score (nSPS) is 14.9. The Morgan fingerprint density at radius 1 is 0.407 bits per heavy atom. The summed E-state index contributed by atoms with van der Waals surface area (Å²) in [5.74, 6) is -3.51. The van der Waals surface area contributed by atoms with Gasteiger partial charge in [-0.15, -0.1) is 0 Å². The van der Waals surface area contributed by atoms with Crippen molar-refractivity contribution in [2.45, 2.75) is 86.6 Å². The molecule has 0 saturated heterocycles. The number of hydrogen-bond donors (Lipinski definition) is 4. The zero-order chi connectivity index (χ0) is 40.2. The maximum atomic E-state index is 13.2. The molecular formula is C28H26F12N12S2. The fourth-order valence-corrected chi connectivity index (χ4v) is 5.38. The molecule has 4 N–H and O–H groups in total. The number of alkyl halides is 12. The standard InChI is InChI=1S/C28H26F12N12S2/c1-11(25(29,30)31)41-21-47-19(48-22(51-21)42-12(2)26(32,33)34)15-7-5-9-17(45-15)53-54-18-10-6-8-16(46-18)20-49-23(43-13(3)27(35,36)37)52-24(50-20)44-14(4)28(38,39)40/h5-14H,1-4H3,(H2,41,42,47,48,51)(H2,43,44,49,50,52)/t11-,12-,13-,14-/m1/s1. The van der Waals surface area contributed by atoms with Crippen LogP contribution in [0.1, 0.15) is 27.7 Å². The van der Waals surface area contributed by atoms with E-state index in [-0.39, 0.29) is 33.1 Å². The lowest BCUT2D eigenvalue weighted by Crippen LogP contribution is -2.35. The molecule has 0 amide bonds. The lowest BCUT2D eigenvalue weighted by molar-refractivity contribution is -0.139. The van der Waals surface area contributed by atoms with E-state index >= 15 is 0 Å². The van der Waals surface area contributed by atoms with Crippen molar-refractivity contribution in [3.05, 3.63) is 36.4 Å². The number of pyridine rings is 2. The Balaban J connectivity index is 1.61. The number of nitrogens with zero attached hydrogens (tertiary/aromatic N) is 8. The molecule has 294 valence electrons. The second kappa shape index (κ2) is 16.4. The lowest BCUT2D eigenvalue weighted by atomic mass is 10.3. The molecule has 0 aliphatic rings. The van der Waals surface area contributed by atoms with Gasteiger partial charge in [0.1, 0.15) is 45.6 Å². The summed E-state index contributed by atoms with van der Waals surface area (Å²) in [6, 6.07) is -0.184. The van der Waals surface area contributed by atoms with Crippen LogP contribution in [0.4, 0.5) is 76.5 Å². The largest absolute Gasteiger partial charge is 0.408 e. The lowest BCUT2D eigenvalue weighted by Gasteiger charge is -2.20. The smallest absolute Gasteiger partial charge is 0.343 e. The zero-order valence-electron chi connectivity index (χ0n) is 27.7. The molecule has 26 heteroatoms. The van der Waals surface area contributed by atoms with Crippen LogP contribution in [0, 0.1) is 0 Å². The third kappa shape index (κ3) is 11.9. The molecule has 4 aromatic rings. The fraction of sp³-hybridized carbons (Fsp3) is 0.429. The molecular weight excluding hydrogens is 797 g/mol. The quantitative estimate of drug-likeness (QED) is 0.0754. The minimum atomic E-state index is -4.75. The molecule has 0 bridgehead atoms. The van der Waals surface area contributed by atoms with E-state index in [0.717, 1.165) is 49.3 Å². The summed E-state index contributed by atoms with van der Waals surface area (Å²) >= 11 is 0. The molecule has 0 aliphatic heterocycles. The molecule has 12 nitrogen and oxygen atoms in total. The summed E-state index contributed by atoms with van der Waals surface area (Å²) in [5, 5.41) is 8.40. The molecule has 54 heavy (non-hydrogen) atoms. The van der Waals surface area contributed by atoms with Crippen molar-refractivity contribution in [3.63, 3.8) is 0 Å². The number of aromatic nitrogens is 8. The highest BCUT2D eigenvalue weighted by Crippen LogP contribution is 2.37. The van der Waals surface area contributed by atoms with Gasteiger partial charge in [0.05, 0.1) is 0 Å². The average Bonchev–Trinajstić information content (AvgIpc) is 3.05. The van der Waals surface area contributed by atoms with Gasteiger partial charge >= 0.3 is 24.7 Å². The monoisotopic (exact) mass is 822 g/mol. The highest BCUT2D eigenvalue weighted by Gasteiger charge is 2.40. The van der Waals surface area contributed by atoms with E-state index in [1.807, 2.05) is 21.3 Å². The number of halogens is 12. The molecule has 4 heterocycles. The van der Waals surface area contributed by atoms with Gasteiger partial charge in [-0.25, -0.2) is 9.97 Å². The van der Waals surface area contributed by atoms with Gasteiger partial charge in [-0.3, -0.25) is 0 Å². The van der Waals surface area contributed by atoms with Crippen molar-refractivity contribution >= 4 is 45.4 Å². The second-order valence-electron chi connectivity index (χ2n) is 11.1. The van der Waals surface area contributed by atoms with Crippen LogP contribution in [-0.4, -0.2) is 88.7 Å². The van der Waals surface area contributed by atoms with Crippen LogP contribution in [0.2, 0.25) is 0 Å². The summed E-state index contributed by atoms with van der Waals surface area (Å²) < 4.78 is 159. The fourth-order valence-electron chi connectivity index (χ4n) is 3.60. The average molecular weight is 823 g/mol. The zero-order valence-corrected chi connectivity index (χ0v) is 29.3. The molecule has 0 spiro atoms. The first-order chi connectivity index (χ1) is 24.9. The van der Waals surface area contributed by atoms with Gasteiger partial charge in [-0.1, -0.05) is 12.1 Å². The summed E-state index contributed by atoms with van der Waals surface area (Å²) in [6.07, 6.45) is -19.0. The van der Waals surface area contributed by atoms with E-state index in [1.54, 1.807) is 0 Å². The third-order valence-corrected chi connectivity index (χ3v) is 8.89.